The van der Waals surface area contributed by atoms with Gasteiger partial charge in [-0.05, 0) is 54.7 Å². The number of thiocarbonyl (C=S) groups is 1. The number of hydrogen-bond donors (Lipinski definition) is 2. The molecule has 0 amide bonds. The summed E-state index contributed by atoms with van der Waals surface area (Å²) in [5.74, 6) is 0. The van der Waals surface area contributed by atoms with Crippen molar-refractivity contribution >= 4 is 34.4 Å². The predicted octanol–water partition coefficient (Wildman–Crippen LogP) is 4.36. The average molecular weight is 290 g/mol. The minimum Gasteiger partial charge on any atom is -0.355 e. The molecule has 19 heavy (non-hydrogen) atoms. The van der Waals surface area contributed by atoms with Crippen LogP contribution < -0.4 is 10.6 Å². The first-order valence-corrected chi connectivity index (χ1v) is 7.67. The Morgan fingerprint density at radius 3 is 2.58 bits per heavy atom. The lowest BCUT2D eigenvalue weighted by Gasteiger charge is -2.16. The minimum absolute atomic E-state index is 0.231. The first-order valence-electron chi connectivity index (χ1n) is 6.39. The van der Waals surface area contributed by atoms with E-state index in [4.69, 9.17) is 12.2 Å². The number of benzene rings is 1. The number of nitrogens with one attached hydrogen (secondary N) is 2. The zero-order valence-electron chi connectivity index (χ0n) is 11.1. The summed E-state index contributed by atoms with van der Waals surface area (Å²) in [6, 6.07) is 12.8. The Kier molecular flexibility index (Phi) is 4.93. The Balaban J connectivity index is 1.90. The molecule has 2 nitrogen and oxygen atoms in total. The second kappa shape index (κ2) is 6.68. The molecule has 1 heterocycles. The fourth-order valence-electron chi connectivity index (χ4n) is 1.80. The first-order chi connectivity index (χ1) is 9.19. The highest BCUT2D eigenvalue weighted by molar-refractivity contribution is 7.80. The highest BCUT2D eigenvalue weighted by Gasteiger charge is 2.07. The predicted molar refractivity (Wildman–Crippen MR) is 87.9 cm³/mol. The lowest BCUT2D eigenvalue weighted by molar-refractivity contribution is 0.737. The van der Waals surface area contributed by atoms with Crippen molar-refractivity contribution in [1.82, 2.24) is 5.32 Å². The Bertz CT molecular complexity index is 518. The normalized spacial score (nSPS) is 11.9. The van der Waals surface area contributed by atoms with Crippen molar-refractivity contribution in [3.8, 4) is 0 Å². The zero-order valence-corrected chi connectivity index (χ0v) is 12.8. The van der Waals surface area contributed by atoms with Gasteiger partial charge in [-0.3, -0.25) is 0 Å². The van der Waals surface area contributed by atoms with Crippen molar-refractivity contribution in [2.45, 2.75) is 26.3 Å². The molecule has 2 aromatic rings. The van der Waals surface area contributed by atoms with Gasteiger partial charge in [0.1, 0.15) is 0 Å². The second-order valence-corrected chi connectivity index (χ2v) is 5.77. The van der Waals surface area contributed by atoms with Gasteiger partial charge in [0.2, 0.25) is 0 Å². The van der Waals surface area contributed by atoms with Crippen molar-refractivity contribution in [3.05, 3.63) is 52.2 Å². The molecular weight excluding hydrogens is 272 g/mol. The van der Waals surface area contributed by atoms with Crippen LogP contribution in [0, 0.1) is 0 Å². The molecule has 0 bridgehead atoms. The maximum atomic E-state index is 5.33. The van der Waals surface area contributed by atoms with Gasteiger partial charge in [-0.1, -0.05) is 25.1 Å². The highest BCUT2D eigenvalue weighted by Crippen LogP contribution is 2.18. The van der Waals surface area contributed by atoms with Crippen LogP contribution in [0.1, 0.15) is 30.3 Å². The van der Waals surface area contributed by atoms with Gasteiger partial charge in [-0.15, -0.1) is 11.3 Å². The van der Waals surface area contributed by atoms with Gasteiger partial charge >= 0.3 is 0 Å². The lowest BCUT2D eigenvalue weighted by Crippen LogP contribution is -2.30. The van der Waals surface area contributed by atoms with E-state index in [1.165, 1.54) is 10.4 Å². The van der Waals surface area contributed by atoms with Crippen LogP contribution in [0.25, 0.3) is 0 Å². The third-order valence-corrected chi connectivity index (χ3v) is 4.21. The maximum Gasteiger partial charge on any atom is 0.171 e. The molecule has 0 unspecified atom stereocenters. The quantitative estimate of drug-likeness (QED) is 0.818. The van der Waals surface area contributed by atoms with Crippen LogP contribution in [-0.4, -0.2) is 5.11 Å². The minimum atomic E-state index is 0.231. The number of anilines is 1. The van der Waals surface area contributed by atoms with Gasteiger partial charge in [0.25, 0.3) is 0 Å². The molecule has 0 aliphatic carbocycles. The van der Waals surface area contributed by atoms with E-state index >= 15 is 0 Å². The Labute approximate surface area is 123 Å². The summed E-state index contributed by atoms with van der Waals surface area (Å²) in [7, 11) is 0. The standard InChI is InChI=1S/C15H18N2S2/c1-3-12-6-8-13(9-7-12)17-15(18)16-11(2)14-5-4-10-19-14/h4-11H,3H2,1-2H3,(H2,16,17,18)/t11-/m0/s1. The molecule has 2 N–H and O–H groups in total. The summed E-state index contributed by atoms with van der Waals surface area (Å²) >= 11 is 7.06. The van der Waals surface area contributed by atoms with E-state index in [9.17, 15) is 0 Å². The van der Waals surface area contributed by atoms with Gasteiger partial charge in [0.15, 0.2) is 5.11 Å². The molecule has 0 aliphatic rings. The molecular formula is C15H18N2S2. The summed E-state index contributed by atoms with van der Waals surface area (Å²) in [4.78, 5) is 1.28. The number of rotatable bonds is 4. The maximum absolute atomic E-state index is 5.33. The molecule has 0 saturated heterocycles. The van der Waals surface area contributed by atoms with Crippen molar-refractivity contribution in [1.29, 1.82) is 0 Å². The van der Waals surface area contributed by atoms with Gasteiger partial charge in [-0.2, -0.15) is 0 Å². The van der Waals surface area contributed by atoms with Crippen molar-refractivity contribution in [3.63, 3.8) is 0 Å². The third kappa shape index (κ3) is 4.04. The van der Waals surface area contributed by atoms with E-state index in [-0.39, 0.29) is 6.04 Å². The van der Waals surface area contributed by atoms with Crippen molar-refractivity contribution in [2.24, 2.45) is 0 Å². The Morgan fingerprint density at radius 2 is 2.00 bits per heavy atom. The SMILES string of the molecule is CCc1ccc(NC(=S)N[C@@H](C)c2cccs2)cc1. The van der Waals surface area contributed by atoms with Gasteiger partial charge < -0.3 is 10.6 Å². The van der Waals surface area contributed by atoms with Crippen LogP contribution in [0.3, 0.4) is 0 Å². The smallest absolute Gasteiger partial charge is 0.171 e. The van der Waals surface area contributed by atoms with Crippen LogP contribution in [0.2, 0.25) is 0 Å². The van der Waals surface area contributed by atoms with E-state index in [0.29, 0.717) is 5.11 Å². The molecule has 0 saturated carbocycles. The van der Waals surface area contributed by atoms with Gasteiger partial charge in [0.05, 0.1) is 6.04 Å². The van der Waals surface area contributed by atoms with E-state index in [1.54, 1.807) is 11.3 Å². The molecule has 2 rings (SSSR count). The van der Waals surface area contributed by atoms with E-state index < -0.39 is 0 Å². The summed E-state index contributed by atoms with van der Waals surface area (Å²) in [6.07, 6.45) is 1.05. The van der Waals surface area contributed by atoms with Crippen LogP contribution in [0.4, 0.5) is 5.69 Å². The molecule has 4 heteroatoms. The molecule has 0 aliphatic heterocycles. The largest absolute Gasteiger partial charge is 0.355 e. The van der Waals surface area contributed by atoms with Crippen molar-refractivity contribution in [2.75, 3.05) is 5.32 Å². The molecule has 1 aromatic carbocycles. The van der Waals surface area contributed by atoms with Crippen LogP contribution in [-0.2, 0) is 6.42 Å². The molecule has 1 atom stereocenters. The average Bonchev–Trinajstić information content (AvgIpc) is 2.93. The Hall–Kier alpha value is -1.39. The van der Waals surface area contributed by atoms with E-state index in [0.717, 1.165) is 12.1 Å². The molecule has 100 valence electrons. The summed E-state index contributed by atoms with van der Waals surface area (Å²) in [6.45, 7) is 4.26. The second-order valence-electron chi connectivity index (χ2n) is 4.39. The lowest BCUT2D eigenvalue weighted by atomic mass is 10.1. The molecule has 0 radical (unpaired) electrons. The number of aryl methyl sites for hydroxylation is 1. The fourth-order valence-corrected chi connectivity index (χ4v) is 2.83. The molecule has 0 spiro atoms. The van der Waals surface area contributed by atoms with Crippen LogP contribution in [0.15, 0.2) is 41.8 Å². The third-order valence-electron chi connectivity index (χ3n) is 2.94. The monoisotopic (exact) mass is 290 g/mol. The zero-order chi connectivity index (χ0) is 13.7. The summed E-state index contributed by atoms with van der Waals surface area (Å²) in [5, 5.41) is 9.24. The van der Waals surface area contributed by atoms with Crippen molar-refractivity contribution < 1.29 is 0 Å². The fraction of sp³-hybridized carbons (Fsp3) is 0.267. The number of hydrogen-bond acceptors (Lipinski definition) is 2. The van der Waals surface area contributed by atoms with Gasteiger partial charge in [0, 0.05) is 10.6 Å². The molecule has 0 fully saturated rings. The van der Waals surface area contributed by atoms with Gasteiger partial charge in [-0.25, -0.2) is 0 Å². The Morgan fingerprint density at radius 1 is 1.26 bits per heavy atom. The highest BCUT2D eigenvalue weighted by atomic mass is 32.1. The van der Waals surface area contributed by atoms with Crippen LogP contribution in [0.5, 0.6) is 0 Å². The first kappa shape index (κ1) is 14.0. The molecule has 1 aromatic heterocycles. The van der Waals surface area contributed by atoms with E-state index in [1.807, 2.05) is 0 Å². The summed E-state index contributed by atoms with van der Waals surface area (Å²) in [5.41, 5.74) is 2.35. The topological polar surface area (TPSA) is 24.1 Å². The van der Waals surface area contributed by atoms with E-state index in [2.05, 4.69) is 66.3 Å². The summed E-state index contributed by atoms with van der Waals surface area (Å²) < 4.78 is 0. The van der Waals surface area contributed by atoms with Crippen LogP contribution >= 0.6 is 23.6 Å². The number of thiophene rings is 1.